The van der Waals surface area contributed by atoms with Gasteiger partial charge in [0.25, 0.3) is 0 Å². The van der Waals surface area contributed by atoms with Gasteiger partial charge in [-0.15, -0.1) is 0 Å². The van der Waals surface area contributed by atoms with Crippen LogP contribution in [-0.4, -0.2) is 57.0 Å². The number of methoxy groups -OCH3 is 2. The Labute approximate surface area is 118 Å². The van der Waals surface area contributed by atoms with Crippen molar-refractivity contribution in [2.45, 2.75) is 45.2 Å². The molecule has 0 radical (unpaired) electrons. The molecule has 0 spiro atoms. The van der Waals surface area contributed by atoms with Crippen LogP contribution in [0.3, 0.4) is 0 Å². The maximum atomic E-state index is 6.16. The van der Waals surface area contributed by atoms with Gasteiger partial charge in [0.15, 0.2) is 0 Å². The molecule has 0 saturated heterocycles. The summed E-state index contributed by atoms with van der Waals surface area (Å²) in [5.74, 6) is 1.27. The van der Waals surface area contributed by atoms with Crippen molar-refractivity contribution in [2.75, 3.05) is 40.5 Å². The number of nitrogens with zero attached hydrogens (tertiary/aromatic N) is 1. The molecule has 4 heteroatoms. The van der Waals surface area contributed by atoms with E-state index in [0.29, 0.717) is 25.1 Å². The van der Waals surface area contributed by atoms with Crippen molar-refractivity contribution in [3.8, 4) is 0 Å². The van der Waals surface area contributed by atoms with Crippen LogP contribution in [0.1, 0.15) is 33.6 Å². The van der Waals surface area contributed by atoms with Crippen molar-refractivity contribution in [3.05, 3.63) is 0 Å². The second-order valence-corrected chi connectivity index (χ2v) is 6.16. The molecule has 2 unspecified atom stereocenters. The first-order chi connectivity index (χ1) is 9.03. The van der Waals surface area contributed by atoms with Gasteiger partial charge >= 0.3 is 0 Å². The minimum atomic E-state index is -0.0880. The van der Waals surface area contributed by atoms with Crippen LogP contribution in [-0.2, 0) is 9.47 Å². The Morgan fingerprint density at radius 1 is 1.21 bits per heavy atom. The lowest BCUT2D eigenvalue weighted by Crippen LogP contribution is -2.64. The van der Waals surface area contributed by atoms with Crippen molar-refractivity contribution in [2.24, 2.45) is 17.6 Å². The van der Waals surface area contributed by atoms with Gasteiger partial charge in [0.1, 0.15) is 0 Å². The summed E-state index contributed by atoms with van der Waals surface area (Å²) in [5.41, 5.74) is 6.08. The standard InChI is InChI=1S/C15H32N2O2/c1-12(2)15(10-16,11-19-5)17(8-9-18-4)13(3)14-6-7-14/h12-14H,6-11,16H2,1-5H3. The molecule has 0 bridgehead atoms. The molecule has 0 aromatic heterocycles. The maximum Gasteiger partial charge on any atom is 0.0661 e. The van der Waals surface area contributed by atoms with E-state index in [9.17, 15) is 0 Å². The molecule has 4 nitrogen and oxygen atoms in total. The summed E-state index contributed by atoms with van der Waals surface area (Å²) < 4.78 is 10.8. The molecule has 114 valence electrons. The lowest BCUT2D eigenvalue weighted by Gasteiger charge is -2.49. The predicted molar refractivity (Wildman–Crippen MR) is 79.3 cm³/mol. The second kappa shape index (κ2) is 7.58. The number of hydrogen-bond donors (Lipinski definition) is 1. The van der Waals surface area contributed by atoms with E-state index in [1.807, 2.05) is 0 Å². The molecule has 2 N–H and O–H groups in total. The van der Waals surface area contributed by atoms with E-state index < -0.39 is 0 Å². The third-order valence-corrected chi connectivity index (χ3v) is 4.73. The molecule has 1 saturated carbocycles. The van der Waals surface area contributed by atoms with Gasteiger partial charge in [-0.2, -0.15) is 0 Å². The van der Waals surface area contributed by atoms with E-state index >= 15 is 0 Å². The molecule has 2 atom stereocenters. The molecule has 1 fully saturated rings. The van der Waals surface area contributed by atoms with Crippen LogP contribution in [0.5, 0.6) is 0 Å². The van der Waals surface area contributed by atoms with Gasteiger partial charge in [-0.1, -0.05) is 13.8 Å². The van der Waals surface area contributed by atoms with Gasteiger partial charge in [0.05, 0.1) is 18.8 Å². The van der Waals surface area contributed by atoms with Crippen molar-refractivity contribution >= 4 is 0 Å². The van der Waals surface area contributed by atoms with E-state index in [2.05, 4.69) is 25.7 Å². The number of hydrogen-bond acceptors (Lipinski definition) is 4. The first-order valence-corrected chi connectivity index (χ1v) is 7.48. The number of rotatable bonds is 10. The molecular formula is C15H32N2O2. The highest BCUT2D eigenvalue weighted by atomic mass is 16.5. The van der Waals surface area contributed by atoms with Gasteiger partial charge in [-0.05, 0) is 31.6 Å². The van der Waals surface area contributed by atoms with Crippen molar-refractivity contribution in [1.29, 1.82) is 0 Å². The molecule has 19 heavy (non-hydrogen) atoms. The fourth-order valence-corrected chi connectivity index (χ4v) is 3.10. The highest BCUT2D eigenvalue weighted by Crippen LogP contribution is 2.39. The van der Waals surface area contributed by atoms with Gasteiger partial charge in [-0.25, -0.2) is 0 Å². The average Bonchev–Trinajstić information content (AvgIpc) is 3.21. The van der Waals surface area contributed by atoms with E-state index in [4.69, 9.17) is 15.2 Å². The summed E-state index contributed by atoms with van der Waals surface area (Å²) in [6.45, 7) is 9.79. The zero-order valence-electron chi connectivity index (χ0n) is 13.3. The van der Waals surface area contributed by atoms with Crippen LogP contribution in [0.2, 0.25) is 0 Å². The molecule has 0 heterocycles. The molecule has 0 aromatic carbocycles. The summed E-state index contributed by atoms with van der Waals surface area (Å²) in [6.07, 6.45) is 2.69. The smallest absolute Gasteiger partial charge is 0.0661 e. The molecular weight excluding hydrogens is 240 g/mol. The Bertz CT molecular complexity index is 257. The first-order valence-electron chi connectivity index (χ1n) is 7.48. The normalized spacial score (nSPS) is 20.8. The van der Waals surface area contributed by atoms with Crippen LogP contribution >= 0.6 is 0 Å². The molecule has 0 amide bonds. The summed E-state index contributed by atoms with van der Waals surface area (Å²) >= 11 is 0. The molecule has 1 aliphatic carbocycles. The Morgan fingerprint density at radius 2 is 1.84 bits per heavy atom. The van der Waals surface area contributed by atoms with E-state index in [-0.39, 0.29) is 5.54 Å². The van der Waals surface area contributed by atoms with Crippen LogP contribution < -0.4 is 5.73 Å². The van der Waals surface area contributed by atoms with Gasteiger partial charge in [0.2, 0.25) is 0 Å². The topological polar surface area (TPSA) is 47.7 Å². The lowest BCUT2D eigenvalue weighted by molar-refractivity contribution is -0.0515. The van der Waals surface area contributed by atoms with E-state index in [0.717, 1.165) is 19.1 Å². The minimum absolute atomic E-state index is 0.0880. The molecule has 0 aliphatic heterocycles. The quantitative estimate of drug-likeness (QED) is 0.658. The minimum Gasteiger partial charge on any atom is -0.383 e. The van der Waals surface area contributed by atoms with Crippen LogP contribution in [0.15, 0.2) is 0 Å². The van der Waals surface area contributed by atoms with Crippen molar-refractivity contribution < 1.29 is 9.47 Å². The molecule has 0 aromatic rings. The monoisotopic (exact) mass is 272 g/mol. The highest BCUT2D eigenvalue weighted by molar-refractivity contribution is 5.00. The predicted octanol–water partition coefficient (Wildman–Crippen LogP) is 1.73. The van der Waals surface area contributed by atoms with Gasteiger partial charge in [-0.3, -0.25) is 4.90 Å². The largest absolute Gasteiger partial charge is 0.383 e. The van der Waals surface area contributed by atoms with E-state index in [1.165, 1.54) is 12.8 Å². The summed E-state index contributed by atoms with van der Waals surface area (Å²) in [4.78, 5) is 2.54. The summed E-state index contributed by atoms with van der Waals surface area (Å²) in [7, 11) is 3.53. The highest BCUT2D eigenvalue weighted by Gasteiger charge is 2.44. The Balaban J connectivity index is 2.93. The number of nitrogens with two attached hydrogens (primary N) is 1. The van der Waals surface area contributed by atoms with Crippen LogP contribution in [0.25, 0.3) is 0 Å². The summed E-state index contributed by atoms with van der Waals surface area (Å²) in [5, 5.41) is 0. The van der Waals surface area contributed by atoms with Crippen molar-refractivity contribution in [3.63, 3.8) is 0 Å². The Hall–Kier alpha value is -0.160. The van der Waals surface area contributed by atoms with Gasteiger partial charge < -0.3 is 15.2 Å². The summed E-state index contributed by atoms with van der Waals surface area (Å²) in [6, 6.07) is 0.552. The SMILES string of the molecule is COCCN(C(C)C1CC1)C(CN)(COC)C(C)C. The van der Waals surface area contributed by atoms with Crippen LogP contribution in [0, 0.1) is 11.8 Å². The lowest BCUT2D eigenvalue weighted by atomic mass is 9.83. The number of ether oxygens (including phenoxy) is 2. The fraction of sp³-hybridized carbons (Fsp3) is 1.00. The average molecular weight is 272 g/mol. The third kappa shape index (κ3) is 3.91. The van der Waals surface area contributed by atoms with Crippen LogP contribution in [0.4, 0.5) is 0 Å². The maximum absolute atomic E-state index is 6.16. The second-order valence-electron chi connectivity index (χ2n) is 6.16. The third-order valence-electron chi connectivity index (χ3n) is 4.73. The Morgan fingerprint density at radius 3 is 2.21 bits per heavy atom. The molecule has 1 rings (SSSR count). The zero-order chi connectivity index (χ0) is 14.5. The Kier molecular flexibility index (Phi) is 6.74. The first kappa shape index (κ1) is 16.9. The van der Waals surface area contributed by atoms with E-state index in [1.54, 1.807) is 14.2 Å². The van der Waals surface area contributed by atoms with Gasteiger partial charge in [0, 0.05) is 33.4 Å². The fourth-order valence-electron chi connectivity index (χ4n) is 3.10. The van der Waals surface area contributed by atoms with Crippen molar-refractivity contribution in [1.82, 2.24) is 4.90 Å². The zero-order valence-corrected chi connectivity index (χ0v) is 13.3. The molecule has 1 aliphatic rings.